The zero-order chi connectivity index (χ0) is 17.7. The monoisotopic (exact) mass is 361 g/mol. The van der Waals surface area contributed by atoms with Crippen molar-refractivity contribution in [3.05, 3.63) is 29.8 Å². The maximum Gasteiger partial charge on any atom is 0.222 e. The van der Waals surface area contributed by atoms with Gasteiger partial charge in [0.05, 0.1) is 5.75 Å². The molecular formula is C15H21F2N3O3S. The number of nitrogens with one attached hydrogen (secondary N) is 1. The van der Waals surface area contributed by atoms with Crippen LogP contribution in [0.3, 0.4) is 0 Å². The van der Waals surface area contributed by atoms with Crippen LogP contribution >= 0.6 is 0 Å². The first kappa shape index (κ1) is 18.6. The SMILES string of the molecule is NS(=O)(=O)CCCC(=O)N1CCC[C@H](Nc2ccc(F)c(F)c2)C1. The quantitative estimate of drug-likeness (QED) is 0.802. The van der Waals surface area contributed by atoms with E-state index in [1.54, 1.807) is 4.90 Å². The van der Waals surface area contributed by atoms with E-state index in [0.29, 0.717) is 18.8 Å². The largest absolute Gasteiger partial charge is 0.380 e. The van der Waals surface area contributed by atoms with Crippen LogP contribution in [-0.2, 0) is 14.8 Å². The molecule has 1 amide bonds. The molecule has 24 heavy (non-hydrogen) atoms. The van der Waals surface area contributed by atoms with Crippen LogP contribution in [0.5, 0.6) is 0 Å². The molecule has 9 heteroatoms. The number of nitrogens with two attached hydrogens (primary N) is 1. The molecule has 1 fully saturated rings. The van der Waals surface area contributed by atoms with Gasteiger partial charge in [-0.1, -0.05) is 0 Å². The van der Waals surface area contributed by atoms with E-state index in [2.05, 4.69) is 5.32 Å². The summed E-state index contributed by atoms with van der Waals surface area (Å²) in [7, 11) is -3.56. The third-order valence-electron chi connectivity index (χ3n) is 3.88. The van der Waals surface area contributed by atoms with Crippen molar-refractivity contribution < 1.29 is 22.0 Å². The molecule has 1 aliphatic heterocycles. The van der Waals surface area contributed by atoms with Crippen LogP contribution in [0.2, 0.25) is 0 Å². The Labute approximate surface area is 140 Å². The van der Waals surface area contributed by atoms with Gasteiger partial charge in [0.1, 0.15) is 0 Å². The van der Waals surface area contributed by atoms with E-state index in [0.717, 1.165) is 25.0 Å². The van der Waals surface area contributed by atoms with Gasteiger partial charge in [-0.25, -0.2) is 22.3 Å². The lowest BCUT2D eigenvalue weighted by Gasteiger charge is -2.33. The summed E-state index contributed by atoms with van der Waals surface area (Å²) in [4.78, 5) is 13.8. The van der Waals surface area contributed by atoms with Gasteiger partial charge in [0.2, 0.25) is 15.9 Å². The summed E-state index contributed by atoms with van der Waals surface area (Å²) in [5.74, 6) is -2.18. The number of sulfonamides is 1. The van der Waals surface area contributed by atoms with Gasteiger partial charge in [0, 0.05) is 37.3 Å². The van der Waals surface area contributed by atoms with Crippen molar-refractivity contribution in [1.82, 2.24) is 4.90 Å². The minimum atomic E-state index is -3.56. The van der Waals surface area contributed by atoms with Crippen LogP contribution in [0, 0.1) is 11.6 Å². The molecule has 0 aromatic heterocycles. The highest BCUT2D eigenvalue weighted by molar-refractivity contribution is 7.89. The molecule has 1 aromatic carbocycles. The third-order valence-corrected chi connectivity index (χ3v) is 4.74. The minimum Gasteiger partial charge on any atom is -0.380 e. The topological polar surface area (TPSA) is 92.5 Å². The molecule has 0 aliphatic carbocycles. The van der Waals surface area contributed by atoms with E-state index in [4.69, 9.17) is 5.14 Å². The number of amides is 1. The predicted octanol–water partition coefficient (Wildman–Crippen LogP) is 1.44. The first-order valence-corrected chi connectivity index (χ1v) is 9.46. The fraction of sp³-hybridized carbons (Fsp3) is 0.533. The van der Waals surface area contributed by atoms with Crippen molar-refractivity contribution in [3.8, 4) is 0 Å². The number of likely N-dealkylation sites (tertiary alicyclic amines) is 1. The maximum absolute atomic E-state index is 13.2. The molecular weight excluding hydrogens is 340 g/mol. The molecule has 0 unspecified atom stereocenters. The number of carbonyl (C=O) groups excluding carboxylic acids is 1. The average molecular weight is 361 g/mol. The first-order chi connectivity index (χ1) is 11.2. The smallest absolute Gasteiger partial charge is 0.222 e. The second kappa shape index (κ2) is 7.89. The number of halogens is 2. The molecule has 3 N–H and O–H groups in total. The number of piperidine rings is 1. The van der Waals surface area contributed by atoms with Crippen LogP contribution in [0.15, 0.2) is 18.2 Å². The summed E-state index contributed by atoms with van der Waals surface area (Å²) >= 11 is 0. The van der Waals surface area contributed by atoms with E-state index in [-0.39, 0.29) is 30.5 Å². The lowest BCUT2D eigenvalue weighted by Crippen LogP contribution is -2.45. The Balaban J connectivity index is 1.86. The molecule has 1 aliphatic rings. The van der Waals surface area contributed by atoms with E-state index in [1.807, 2.05) is 0 Å². The summed E-state index contributed by atoms with van der Waals surface area (Å²) in [6, 6.07) is 3.52. The summed E-state index contributed by atoms with van der Waals surface area (Å²) < 4.78 is 47.9. The standard InChI is InChI=1S/C15H21F2N3O3S/c16-13-6-5-11(9-14(13)17)19-12-3-1-7-20(10-12)15(21)4-2-8-24(18,22)23/h5-6,9,12,19H,1-4,7-8,10H2,(H2,18,22,23)/t12-/m0/s1. The molecule has 134 valence electrons. The van der Waals surface area contributed by atoms with E-state index < -0.39 is 21.7 Å². The molecule has 0 spiro atoms. The highest BCUT2D eigenvalue weighted by atomic mass is 32.2. The molecule has 0 radical (unpaired) electrons. The van der Waals surface area contributed by atoms with Gasteiger partial charge < -0.3 is 10.2 Å². The normalized spacial score (nSPS) is 18.5. The number of nitrogens with zero attached hydrogens (tertiary/aromatic N) is 1. The average Bonchev–Trinajstić information content (AvgIpc) is 2.50. The second-order valence-electron chi connectivity index (χ2n) is 5.92. The fourth-order valence-electron chi connectivity index (χ4n) is 2.73. The van der Waals surface area contributed by atoms with Crippen molar-refractivity contribution in [3.63, 3.8) is 0 Å². The van der Waals surface area contributed by atoms with Gasteiger partial charge in [-0.15, -0.1) is 0 Å². The molecule has 0 bridgehead atoms. The van der Waals surface area contributed by atoms with Crippen LogP contribution in [0.4, 0.5) is 14.5 Å². The Kier molecular flexibility index (Phi) is 6.11. The van der Waals surface area contributed by atoms with E-state index >= 15 is 0 Å². The molecule has 1 heterocycles. The Morgan fingerprint density at radius 3 is 2.75 bits per heavy atom. The molecule has 0 saturated carbocycles. The number of primary sulfonamides is 1. The summed E-state index contributed by atoms with van der Waals surface area (Å²) in [5.41, 5.74) is 0.461. The minimum absolute atomic E-state index is 0.0641. The summed E-state index contributed by atoms with van der Waals surface area (Å²) in [6.45, 7) is 1.04. The molecule has 1 atom stereocenters. The van der Waals surface area contributed by atoms with Crippen molar-refractivity contribution >= 4 is 21.6 Å². The Hall–Kier alpha value is -1.74. The summed E-state index contributed by atoms with van der Waals surface area (Å²) in [6.07, 6.45) is 1.89. The zero-order valence-corrected chi connectivity index (χ0v) is 14.0. The van der Waals surface area contributed by atoms with Gasteiger partial charge in [0.25, 0.3) is 0 Å². The number of benzene rings is 1. The van der Waals surface area contributed by atoms with Crippen molar-refractivity contribution in [1.29, 1.82) is 0 Å². The van der Waals surface area contributed by atoms with Crippen LogP contribution < -0.4 is 10.5 Å². The lowest BCUT2D eigenvalue weighted by molar-refractivity contribution is -0.132. The van der Waals surface area contributed by atoms with Gasteiger partial charge in [-0.05, 0) is 31.4 Å². The van der Waals surface area contributed by atoms with Crippen molar-refractivity contribution in [2.24, 2.45) is 5.14 Å². The van der Waals surface area contributed by atoms with Gasteiger partial charge in [-0.3, -0.25) is 4.79 Å². The number of hydrogen-bond acceptors (Lipinski definition) is 4. The van der Waals surface area contributed by atoms with Gasteiger partial charge in [-0.2, -0.15) is 0 Å². The number of rotatable bonds is 6. The number of carbonyl (C=O) groups is 1. The summed E-state index contributed by atoms with van der Waals surface area (Å²) in [5, 5.41) is 8.01. The van der Waals surface area contributed by atoms with Crippen molar-refractivity contribution in [2.45, 2.75) is 31.7 Å². The van der Waals surface area contributed by atoms with Crippen LogP contribution in [0.1, 0.15) is 25.7 Å². The predicted molar refractivity (Wildman–Crippen MR) is 86.8 cm³/mol. The fourth-order valence-corrected chi connectivity index (χ4v) is 3.27. The molecule has 1 saturated heterocycles. The van der Waals surface area contributed by atoms with E-state index in [9.17, 15) is 22.0 Å². The van der Waals surface area contributed by atoms with Crippen LogP contribution in [0.25, 0.3) is 0 Å². The number of anilines is 1. The van der Waals surface area contributed by atoms with Gasteiger partial charge >= 0.3 is 0 Å². The molecule has 2 rings (SSSR count). The highest BCUT2D eigenvalue weighted by Gasteiger charge is 2.23. The van der Waals surface area contributed by atoms with Crippen LogP contribution in [-0.4, -0.2) is 44.1 Å². The lowest BCUT2D eigenvalue weighted by atomic mass is 10.0. The molecule has 6 nitrogen and oxygen atoms in total. The maximum atomic E-state index is 13.2. The second-order valence-corrected chi connectivity index (χ2v) is 7.66. The van der Waals surface area contributed by atoms with E-state index in [1.165, 1.54) is 6.07 Å². The first-order valence-electron chi connectivity index (χ1n) is 7.74. The zero-order valence-electron chi connectivity index (χ0n) is 13.2. The Morgan fingerprint density at radius 2 is 2.08 bits per heavy atom. The Bertz CT molecular complexity index is 697. The molecule has 1 aromatic rings. The third kappa shape index (κ3) is 5.72. The number of hydrogen-bond donors (Lipinski definition) is 2. The van der Waals surface area contributed by atoms with Crippen molar-refractivity contribution in [2.75, 3.05) is 24.2 Å². The highest BCUT2D eigenvalue weighted by Crippen LogP contribution is 2.19. The Morgan fingerprint density at radius 1 is 1.33 bits per heavy atom. The van der Waals surface area contributed by atoms with Gasteiger partial charge in [0.15, 0.2) is 11.6 Å².